The summed E-state index contributed by atoms with van der Waals surface area (Å²) in [6.45, 7) is 8.98. The molecular weight excluding hydrogens is 350 g/mol. The van der Waals surface area contributed by atoms with Crippen LogP contribution in [-0.4, -0.2) is 12.6 Å². The van der Waals surface area contributed by atoms with Crippen molar-refractivity contribution in [3.05, 3.63) is 59.2 Å². The summed E-state index contributed by atoms with van der Waals surface area (Å²) < 4.78 is 11.5. The first kappa shape index (κ1) is 19.0. The lowest BCUT2D eigenvalue weighted by molar-refractivity contribution is -0.131. The van der Waals surface area contributed by atoms with Crippen molar-refractivity contribution in [2.45, 2.75) is 58.1 Å². The van der Waals surface area contributed by atoms with E-state index in [1.807, 2.05) is 12.1 Å². The van der Waals surface area contributed by atoms with Gasteiger partial charge in [-0.1, -0.05) is 45.0 Å². The highest BCUT2D eigenvalue weighted by molar-refractivity contribution is 5.69. The molecule has 0 aromatic heterocycles. The standard InChI is InChI=1S/C24H29NO3/c1-15(26)28-18-10-7-16(8-11-18)22-19-6-5-13-27-23(19)20-14-17(24(2,3)4)9-12-21(20)25-22/h7-12,14,19,22-23,25H,5-6,13H2,1-4H3. The highest BCUT2D eigenvalue weighted by Gasteiger charge is 2.40. The Morgan fingerprint density at radius 2 is 1.89 bits per heavy atom. The number of rotatable bonds is 2. The largest absolute Gasteiger partial charge is 0.427 e. The molecule has 3 unspecified atom stereocenters. The zero-order chi connectivity index (χ0) is 19.9. The van der Waals surface area contributed by atoms with E-state index in [-0.39, 0.29) is 23.5 Å². The number of ether oxygens (including phenoxy) is 2. The third kappa shape index (κ3) is 3.66. The lowest BCUT2D eigenvalue weighted by Gasteiger charge is -2.44. The van der Waals surface area contributed by atoms with Gasteiger partial charge >= 0.3 is 5.97 Å². The number of fused-ring (bicyclic) bond motifs is 3. The Bertz CT molecular complexity index is 866. The topological polar surface area (TPSA) is 47.6 Å². The second-order valence-corrected chi connectivity index (χ2v) is 8.93. The fourth-order valence-electron chi connectivity index (χ4n) is 4.38. The number of hydrogen-bond donors (Lipinski definition) is 1. The summed E-state index contributed by atoms with van der Waals surface area (Å²) >= 11 is 0. The number of carbonyl (C=O) groups excluding carboxylic acids is 1. The average molecular weight is 380 g/mol. The van der Waals surface area contributed by atoms with Crippen molar-refractivity contribution in [3.8, 4) is 5.75 Å². The van der Waals surface area contributed by atoms with Crippen LogP contribution in [0.2, 0.25) is 0 Å². The van der Waals surface area contributed by atoms with Crippen molar-refractivity contribution in [2.24, 2.45) is 5.92 Å². The van der Waals surface area contributed by atoms with Crippen LogP contribution >= 0.6 is 0 Å². The van der Waals surface area contributed by atoms with Gasteiger partial charge in [0.2, 0.25) is 0 Å². The van der Waals surface area contributed by atoms with Gasteiger partial charge in [0.1, 0.15) is 5.75 Å². The van der Waals surface area contributed by atoms with E-state index in [1.165, 1.54) is 23.6 Å². The van der Waals surface area contributed by atoms with Gasteiger partial charge in [0.05, 0.1) is 12.1 Å². The van der Waals surface area contributed by atoms with Crippen molar-refractivity contribution >= 4 is 11.7 Å². The molecule has 0 spiro atoms. The van der Waals surface area contributed by atoms with Crippen LogP contribution < -0.4 is 10.1 Å². The van der Waals surface area contributed by atoms with Gasteiger partial charge in [-0.2, -0.15) is 0 Å². The third-order valence-corrected chi connectivity index (χ3v) is 5.83. The Morgan fingerprint density at radius 3 is 2.57 bits per heavy atom. The molecule has 28 heavy (non-hydrogen) atoms. The molecular formula is C24H29NO3. The first-order chi connectivity index (χ1) is 13.3. The van der Waals surface area contributed by atoms with Crippen LogP contribution in [0.1, 0.15) is 69.4 Å². The maximum absolute atomic E-state index is 11.2. The monoisotopic (exact) mass is 379 g/mol. The van der Waals surface area contributed by atoms with E-state index in [0.717, 1.165) is 25.1 Å². The van der Waals surface area contributed by atoms with Gasteiger partial charge in [0.25, 0.3) is 0 Å². The van der Waals surface area contributed by atoms with Crippen molar-refractivity contribution in [2.75, 3.05) is 11.9 Å². The van der Waals surface area contributed by atoms with Gasteiger partial charge in [-0.05, 0) is 47.6 Å². The van der Waals surface area contributed by atoms with Crippen LogP contribution in [0.25, 0.3) is 0 Å². The van der Waals surface area contributed by atoms with Gasteiger partial charge in [-0.25, -0.2) is 0 Å². The van der Waals surface area contributed by atoms with Gasteiger partial charge in [-0.3, -0.25) is 4.79 Å². The van der Waals surface area contributed by atoms with E-state index in [0.29, 0.717) is 11.7 Å². The Morgan fingerprint density at radius 1 is 1.14 bits per heavy atom. The molecule has 148 valence electrons. The van der Waals surface area contributed by atoms with Crippen molar-refractivity contribution in [1.29, 1.82) is 0 Å². The maximum atomic E-state index is 11.2. The van der Waals surface area contributed by atoms with Gasteiger partial charge in [0, 0.05) is 30.7 Å². The molecule has 2 aromatic carbocycles. The summed E-state index contributed by atoms with van der Waals surface area (Å²) in [5, 5.41) is 3.76. The minimum absolute atomic E-state index is 0.114. The zero-order valence-corrected chi connectivity index (χ0v) is 17.1. The molecule has 4 nitrogen and oxygen atoms in total. The molecule has 2 aliphatic heterocycles. The molecule has 2 aliphatic rings. The van der Waals surface area contributed by atoms with Crippen LogP contribution in [0, 0.1) is 5.92 Å². The highest BCUT2D eigenvalue weighted by atomic mass is 16.5. The first-order valence-corrected chi connectivity index (χ1v) is 10.1. The molecule has 1 saturated heterocycles. The van der Waals surface area contributed by atoms with Crippen LogP contribution in [0.5, 0.6) is 5.75 Å². The fourth-order valence-corrected chi connectivity index (χ4v) is 4.38. The number of carbonyl (C=O) groups is 1. The predicted molar refractivity (Wildman–Crippen MR) is 111 cm³/mol. The van der Waals surface area contributed by atoms with Crippen molar-refractivity contribution in [1.82, 2.24) is 0 Å². The molecule has 1 N–H and O–H groups in total. The normalized spacial score (nSPS) is 23.9. The number of benzene rings is 2. The molecule has 0 amide bonds. The summed E-state index contributed by atoms with van der Waals surface area (Å²) in [5.74, 6) is 0.669. The lowest BCUT2D eigenvalue weighted by Crippen LogP contribution is -2.36. The molecule has 0 bridgehead atoms. The Hall–Kier alpha value is -2.33. The second-order valence-electron chi connectivity index (χ2n) is 8.93. The van der Waals surface area contributed by atoms with Crippen LogP contribution in [0.4, 0.5) is 5.69 Å². The summed E-state index contributed by atoms with van der Waals surface area (Å²) in [5.41, 5.74) is 5.09. The van der Waals surface area contributed by atoms with E-state index < -0.39 is 0 Å². The molecule has 1 fully saturated rings. The lowest BCUT2D eigenvalue weighted by atomic mass is 9.76. The summed E-state index contributed by atoms with van der Waals surface area (Å²) in [6, 6.07) is 14.8. The number of nitrogens with one attached hydrogen (secondary N) is 1. The van der Waals surface area contributed by atoms with E-state index in [1.54, 1.807) is 0 Å². The number of hydrogen-bond acceptors (Lipinski definition) is 4. The van der Waals surface area contributed by atoms with Gasteiger partial charge in [0.15, 0.2) is 0 Å². The zero-order valence-electron chi connectivity index (χ0n) is 17.1. The van der Waals surface area contributed by atoms with E-state index in [2.05, 4.69) is 56.4 Å². The molecule has 0 saturated carbocycles. The van der Waals surface area contributed by atoms with Crippen molar-refractivity contribution in [3.63, 3.8) is 0 Å². The summed E-state index contributed by atoms with van der Waals surface area (Å²) in [7, 11) is 0. The molecule has 4 rings (SSSR count). The predicted octanol–water partition coefficient (Wildman–Crippen LogP) is 5.54. The number of anilines is 1. The number of esters is 1. The quantitative estimate of drug-likeness (QED) is 0.549. The molecule has 2 aromatic rings. The smallest absolute Gasteiger partial charge is 0.308 e. The second kappa shape index (κ2) is 7.25. The fraction of sp³-hybridized carbons (Fsp3) is 0.458. The van der Waals surface area contributed by atoms with E-state index in [4.69, 9.17) is 9.47 Å². The Labute approximate surface area is 167 Å². The Balaban J connectivity index is 1.68. The van der Waals surface area contributed by atoms with Crippen LogP contribution in [0.3, 0.4) is 0 Å². The minimum Gasteiger partial charge on any atom is -0.427 e. The Kier molecular flexibility index (Phi) is 4.92. The molecule has 0 radical (unpaired) electrons. The molecule has 0 aliphatic carbocycles. The first-order valence-electron chi connectivity index (χ1n) is 10.1. The SMILES string of the molecule is CC(=O)Oc1ccc(C2Nc3ccc(C(C)(C)C)cc3C3OCCCC23)cc1. The molecule has 4 heteroatoms. The van der Waals surface area contributed by atoms with Crippen molar-refractivity contribution < 1.29 is 14.3 Å². The third-order valence-electron chi connectivity index (χ3n) is 5.83. The van der Waals surface area contributed by atoms with E-state index in [9.17, 15) is 4.79 Å². The summed E-state index contributed by atoms with van der Waals surface area (Å²) in [6.07, 6.45) is 2.33. The van der Waals surface area contributed by atoms with Crippen LogP contribution in [-0.2, 0) is 14.9 Å². The van der Waals surface area contributed by atoms with Gasteiger partial charge in [-0.15, -0.1) is 0 Å². The maximum Gasteiger partial charge on any atom is 0.308 e. The summed E-state index contributed by atoms with van der Waals surface area (Å²) in [4.78, 5) is 11.2. The molecule has 3 atom stereocenters. The minimum atomic E-state index is -0.298. The molecule has 2 heterocycles. The van der Waals surface area contributed by atoms with E-state index >= 15 is 0 Å². The highest BCUT2D eigenvalue weighted by Crippen LogP contribution is 2.49. The van der Waals surface area contributed by atoms with Crippen LogP contribution in [0.15, 0.2) is 42.5 Å². The van der Waals surface area contributed by atoms with Gasteiger partial charge < -0.3 is 14.8 Å². The average Bonchev–Trinajstić information content (AvgIpc) is 2.66.